The number of rotatable bonds is 4. The monoisotopic (exact) mass is 403 g/mol. The molecule has 0 saturated heterocycles. The normalized spacial score (nSPS) is 10.8. The van der Waals surface area contributed by atoms with Crippen LogP contribution in [0.4, 0.5) is 0 Å². The minimum atomic E-state index is 0. The minimum absolute atomic E-state index is 0. The third-order valence-corrected chi connectivity index (χ3v) is 3.38. The predicted octanol–water partition coefficient (Wildman–Crippen LogP) is 2.33. The van der Waals surface area contributed by atoms with Gasteiger partial charge in [-0.25, -0.2) is 9.97 Å². The van der Waals surface area contributed by atoms with E-state index in [0.717, 1.165) is 24.0 Å². The van der Waals surface area contributed by atoms with Gasteiger partial charge in [-0.05, 0) is 24.4 Å². The van der Waals surface area contributed by atoms with Crippen molar-refractivity contribution in [2.24, 2.45) is 4.99 Å². The van der Waals surface area contributed by atoms with Crippen molar-refractivity contribution >= 4 is 41.3 Å². The van der Waals surface area contributed by atoms with Gasteiger partial charge in [0.05, 0.1) is 18.8 Å². The Bertz CT molecular complexity index is 541. The largest absolute Gasteiger partial charge is 0.352 e. The van der Waals surface area contributed by atoms with Gasteiger partial charge in [0.2, 0.25) is 0 Å². The highest BCUT2D eigenvalue weighted by Crippen LogP contribution is 2.07. The zero-order chi connectivity index (χ0) is 13.5. The number of nitrogens with zero attached hydrogens (tertiary/aromatic N) is 3. The molecule has 0 saturated carbocycles. The molecule has 2 heterocycles. The molecule has 2 rings (SSSR count). The van der Waals surface area contributed by atoms with Gasteiger partial charge in [-0.15, -0.1) is 35.3 Å². The summed E-state index contributed by atoms with van der Waals surface area (Å²) in [5, 5.41) is 8.56. The number of aromatic nitrogens is 2. The van der Waals surface area contributed by atoms with E-state index in [-0.39, 0.29) is 24.0 Å². The average Bonchev–Trinajstić information content (AvgIpc) is 2.92. The fourth-order valence-corrected chi connectivity index (χ4v) is 2.23. The van der Waals surface area contributed by atoms with Crippen LogP contribution >= 0.6 is 35.3 Å². The van der Waals surface area contributed by atoms with Crippen LogP contribution in [0.2, 0.25) is 0 Å². The molecule has 2 aromatic rings. The first kappa shape index (κ1) is 16.8. The van der Waals surface area contributed by atoms with E-state index in [9.17, 15) is 0 Å². The van der Waals surface area contributed by atoms with E-state index in [0.29, 0.717) is 6.54 Å². The quantitative estimate of drug-likeness (QED) is 0.468. The highest BCUT2D eigenvalue weighted by atomic mass is 127. The first-order valence-corrected chi connectivity index (χ1v) is 6.91. The summed E-state index contributed by atoms with van der Waals surface area (Å²) in [6, 6.07) is 6.03. The smallest absolute Gasteiger partial charge is 0.191 e. The lowest BCUT2D eigenvalue weighted by Gasteiger charge is -2.10. The SMILES string of the molecule is CN=C(NCc1ccnc(C)n1)NCc1cccs1.I. The van der Waals surface area contributed by atoms with E-state index in [1.54, 1.807) is 24.6 Å². The number of nitrogens with one attached hydrogen (secondary N) is 2. The third kappa shape index (κ3) is 5.41. The summed E-state index contributed by atoms with van der Waals surface area (Å²) in [6.45, 7) is 3.29. The summed E-state index contributed by atoms with van der Waals surface area (Å²) >= 11 is 1.73. The van der Waals surface area contributed by atoms with E-state index in [4.69, 9.17) is 0 Å². The second-order valence-electron chi connectivity index (χ2n) is 3.95. The molecular formula is C13H18IN5S. The first-order valence-electron chi connectivity index (χ1n) is 6.03. The Morgan fingerprint density at radius 2 is 2.10 bits per heavy atom. The van der Waals surface area contributed by atoms with Crippen LogP contribution in [0.15, 0.2) is 34.8 Å². The lowest BCUT2D eigenvalue weighted by atomic mass is 10.4. The lowest BCUT2D eigenvalue weighted by molar-refractivity contribution is 0.790. The molecule has 108 valence electrons. The Labute approximate surface area is 140 Å². The second-order valence-corrected chi connectivity index (χ2v) is 4.99. The molecule has 0 aliphatic carbocycles. The van der Waals surface area contributed by atoms with E-state index in [1.807, 2.05) is 19.1 Å². The number of guanidine groups is 1. The summed E-state index contributed by atoms with van der Waals surface area (Å²) in [5.41, 5.74) is 0.951. The fraction of sp³-hybridized carbons (Fsp3) is 0.308. The summed E-state index contributed by atoms with van der Waals surface area (Å²) < 4.78 is 0. The molecule has 20 heavy (non-hydrogen) atoms. The highest BCUT2D eigenvalue weighted by Gasteiger charge is 2.00. The number of hydrogen-bond acceptors (Lipinski definition) is 4. The summed E-state index contributed by atoms with van der Waals surface area (Å²) in [6.07, 6.45) is 1.77. The van der Waals surface area contributed by atoms with E-state index >= 15 is 0 Å². The fourth-order valence-electron chi connectivity index (χ4n) is 1.58. The maximum atomic E-state index is 4.34. The Morgan fingerprint density at radius 1 is 1.30 bits per heavy atom. The molecule has 0 aliphatic heterocycles. The number of aryl methyl sites for hydroxylation is 1. The highest BCUT2D eigenvalue weighted by molar-refractivity contribution is 14.0. The van der Waals surface area contributed by atoms with Crippen LogP contribution in [0.5, 0.6) is 0 Å². The van der Waals surface area contributed by atoms with Crippen molar-refractivity contribution in [1.29, 1.82) is 0 Å². The van der Waals surface area contributed by atoms with E-state index < -0.39 is 0 Å². The van der Waals surface area contributed by atoms with Crippen molar-refractivity contribution in [3.05, 3.63) is 46.2 Å². The molecule has 0 fully saturated rings. The first-order chi connectivity index (χ1) is 9.28. The molecule has 0 aliphatic rings. The summed E-state index contributed by atoms with van der Waals surface area (Å²) in [4.78, 5) is 13.9. The molecule has 0 amide bonds. The second kappa shape index (κ2) is 8.85. The molecule has 0 radical (unpaired) electrons. The van der Waals surface area contributed by atoms with Crippen molar-refractivity contribution < 1.29 is 0 Å². The maximum Gasteiger partial charge on any atom is 0.191 e. The minimum Gasteiger partial charge on any atom is -0.352 e. The lowest BCUT2D eigenvalue weighted by Crippen LogP contribution is -2.36. The van der Waals surface area contributed by atoms with Gasteiger partial charge in [0.1, 0.15) is 5.82 Å². The molecule has 0 spiro atoms. The molecule has 0 unspecified atom stereocenters. The Hall–Kier alpha value is -1.22. The molecule has 2 aromatic heterocycles. The molecule has 0 aromatic carbocycles. The number of halogens is 1. The van der Waals surface area contributed by atoms with Crippen LogP contribution in [0.1, 0.15) is 16.4 Å². The zero-order valence-corrected chi connectivity index (χ0v) is 14.6. The van der Waals surface area contributed by atoms with Gasteiger partial charge in [0.15, 0.2) is 5.96 Å². The van der Waals surface area contributed by atoms with Crippen molar-refractivity contribution in [2.75, 3.05) is 7.05 Å². The van der Waals surface area contributed by atoms with Crippen LogP contribution in [0, 0.1) is 6.92 Å². The van der Waals surface area contributed by atoms with Gasteiger partial charge < -0.3 is 10.6 Å². The molecule has 5 nitrogen and oxygen atoms in total. The molecule has 0 atom stereocenters. The van der Waals surface area contributed by atoms with Crippen LogP contribution in [-0.2, 0) is 13.1 Å². The van der Waals surface area contributed by atoms with Gasteiger partial charge >= 0.3 is 0 Å². The Kier molecular flexibility index (Phi) is 7.45. The van der Waals surface area contributed by atoms with Gasteiger partial charge in [-0.2, -0.15) is 0 Å². The molecular weight excluding hydrogens is 385 g/mol. The van der Waals surface area contributed by atoms with Crippen molar-refractivity contribution in [1.82, 2.24) is 20.6 Å². The van der Waals surface area contributed by atoms with Crippen LogP contribution in [-0.4, -0.2) is 23.0 Å². The maximum absolute atomic E-state index is 4.34. The number of thiophene rings is 1. The van der Waals surface area contributed by atoms with E-state index in [1.165, 1.54) is 4.88 Å². The molecule has 2 N–H and O–H groups in total. The topological polar surface area (TPSA) is 62.2 Å². The number of hydrogen-bond donors (Lipinski definition) is 2. The van der Waals surface area contributed by atoms with Crippen molar-refractivity contribution in [3.8, 4) is 0 Å². The van der Waals surface area contributed by atoms with Crippen LogP contribution < -0.4 is 10.6 Å². The van der Waals surface area contributed by atoms with Gasteiger partial charge in [0, 0.05) is 18.1 Å². The number of aliphatic imine (C=N–C) groups is 1. The standard InChI is InChI=1S/C13H17N5S.HI/c1-10-15-6-5-11(18-10)8-16-13(14-2)17-9-12-4-3-7-19-12;/h3-7H,8-9H2,1-2H3,(H2,14,16,17);1H. The van der Waals surface area contributed by atoms with Crippen molar-refractivity contribution in [2.45, 2.75) is 20.0 Å². The summed E-state index contributed by atoms with van der Waals surface area (Å²) in [5.74, 6) is 1.55. The van der Waals surface area contributed by atoms with Gasteiger partial charge in [-0.1, -0.05) is 6.07 Å². The van der Waals surface area contributed by atoms with Crippen LogP contribution in [0.3, 0.4) is 0 Å². The summed E-state index contributed by atoms with van der Waals surface area (Å²) in [7, 11) is 1.76. The van der Waals surface area contributed by atoms with Crippen molar-refractivity contribution in [3.63, 3.8) is 0 Å². The Morgan fingerprint density at radius 3 is 2.75 bits per heavy atom. The Balaban J connectivity index is 0.00000200. The van der Waals surface area contributed by atoms with Gasteiger partial charge in [0.25, 0.3) is 0 Å². The predicted molar refractivity (Wildman–Crippen MR) is 93.5 cm³/mol. The molecule has 0 bridgehead atoms. The van der Waals surface area contributed by atoms with Gasteiger partial charge in [-0.3, -0.25) is 4.99 Å². The molecule has 7 heteroatoms. The van der Waals surface area contributed by atoms with E-state index in [2.05, 4.69) is 37.0 Å². The average molecular weight is 403 g/mol. The third-order valence-electron chi connectivity index (χ3n) is 2.50. The van der Waals surface area contributed by atoms with Crippen LogP contribution in [0.25, 0.3) is 0 Å². The zero-order valence-electron chi connectivity index (χ0n) is 11.5.